The second kappa shape index (κ2) is 7.23. The molecular weight excluding hydrogens is 391 g/mol. The summed E-state index contributed by atoms with van der Waals surface area (Å²) in [6.07, 6.45) is 0.0933. The summed E-state index contributed by atoms with van der Waals surface area (Å²) >= 11 is 3.17. The van der Waals surface area contributed by atoms with E-state index in [1.807, 2.05) is 0 Å². The van der Waals surface area contributed by atoms with E-state index in [4.69, 9.17) is 4.74 Å². The Morgan fingerprint density at radius 3 is 2.64 bits per heavy atom. The number of hydrogen-bond acceptors (Lipinski definition) is 3. The minimum atomic E-state index is -0.530. The summed E-state index contributed by atoms with van der Waals surface area (Å²) in [5, 5.41) is 2.56. The van der Waals surface area contributed by atoms with Gasteiger partial charge in [-0.05, 0) is 42.5 Å². The molecule has 0 aromatic heterocycles. The Labute approximate surface area is 152 Å². The summed E-state index contributed by atoms with van der Waals surface area (Å²) in [6, 6.07) is 11.5. The molecule has 1 unspecified atom stereocenters. The summed E-state index contributed by atoms with van der Waals surface area (Å²) < 4.78 is 19.5. The van der Waals surface area contributed by atoms with Gasteiger partial charge >= 0.3 is 0 Å². The van der Waals surface area contributed by atoms with Gasteiger partial charge < -0.3 is 15.0 Å². The maximum Gasteiger partial charge on any atom is 0.229 e. The third kappa shape index (κ3) is 3.82. The predicted octanol–water partition coefficient (Wildman–Crippen LogP) is 3.59. The number of carbonyl (C=O) groups is 2. The number of hydrogen-bond donors (Lipinski definition) is 1. The van der Waals surface area contributed by atoms with Crippen molar-refractivity contribution in [2.45, 2.75) is 6.42 Å². The highest BCUT2D eigenvalue weighted by Gasteiger charge is 2.35. The molecule has 130 valence electrons. The number of carbonyl (C=O) groups excluding carboxylic acids is 2. The van der Waals surface area contributed by atoms with E-state index in [9.17, 15) is 14.0 Å². The fourth-order valence-corrected chi connectivity index (χ4v) is 3.05. The molecular formula is C18H16BrFN2O3. The number of halogens is 2. The van der Waals surface area contributed by atoms with E-state index in [2.05, 4.69) is 21.2 Å². The molecule has 2 amide bonds. The molecule has 2 aromatic rings. The lowest BCUT2D eigenvalue weighted by atomic mass is 10.1. The minimum absolute atomic E-state index is 0.0933. The number of rotatable bonds is 4. The quantitative estimate of drug-likeness (QED) is 0.843. The zero-order valence-corrected chi connectivity index (χ0v) is 15.0. The van der Waals surface area contributed by atoms with Gasteiger partial charge in [-0.2, -0.15) is 0 Å². The fourth-order valence-electron chi connectivity index (χ4n) is 2.72. The van der Waals surface area contributed by atoms with Gasteiger partial charge in [0.2, 0.25) is 11.8 Å². The highest BCUT2D eigenvalue weighted by molar-refractivity contribution is 9.10. The monoisotopic (exact) mass is 406 g/mol. The van der Waals surface area contributed by atoms with Crippen LogP contribution in [0.2, 0.25) is 0 Å². The molecule has 2 aromatic carbocycles. The van der Waals surface area contributed by atoms with Gasteiger partial charge in [-0.25, -0.2) is 4.39 Å². The molecule has 1 atom stereocenters. The molecule has 5 nitrogen and oxygen atoms in total. The molecule has 25 heavy (non-hydrogen) atoms. The normalized spacial score (nSPS) is 16.8. The van der Waals surface area contributed by atoms with Gasteiger partial charge in [0.25, 0.3) is 0 Å². The number of amides is 2. The number of nitrogens with zero attached hydrogens (tertiary/aromatic N) is 1. The van der Waals surface area contributed by atoms with E-state index in [0.717, 1.165) is 0 Å². The fraction of sp³-hybridized carbons (Fsp3) is 0.222. The molecule has 7 heteroatoms. The number of benzene rings is 2. The Morgan fingerprint density at radius 1 is 1.28 bits per heavy atom. The van der Waals surface area contributed by atoms with Crippen molar-refractivity contribution in [3.05, 3.63) is 52.8 Å². The molecule has 0 spiro atoms. The van der Waals surface area contributed by atoms with Gasteiger partial charge in [0.1, 0.15) is 11.6 Å². The first-order valence-corrected chi connectivity index (χ1v) is 8.47. The maximum atomic E-state index is 13.9. The van der Waals surface area contributed by atoms with E-state index < -0.39 is 11.7 Å². The molecule has 0 aliphatic carbocycles. The van der Waals surface area contributed by atoms with Crippen molar-refractivity contribution in [3.8, 4) is 5.75 Å². The molecule has 0 saturated carbocycles. The lowest BCUT2D eigenvalue weighted by Gasteiger charge is -2.17. The second-order valence-corrected chi connectivity index (χ2v) is 6.63. The zero-order valence-electron chi connectivity index (χ0n) is 13.5. The molecule has 0 bridgehead atoms. The van der Waals surface area contributed by atoms with Crippen LogP contribution in [-0.4, -0.2) is 25.5 Å². The van der Waals surface area contributed by atoms with Gasteiger partial charge in [-0.15, -0.1) is 0 Å². The molecule has 1 aliphatic heterocycles. The molecule has 0 radical (unpaired) electrons. The number of nitrogens with one attached hydrogen (secondary N) is 1. The lowest BCUT2D eigenvalue weighted by molar-refractivity contribution is -0.122. The van der Waals surface area contributed by atoms with Crippen LogP contribution in [0.15, 0.2) is 46.9 Å². The van der Waals surface area contributed by atoms with E-state index in [-0.39, 0.29) is 30.5 Å². The van der Waals surface area contributed by atoms with Crippen LogP contribution in [0.25, 0.3) is 0 Å². The van der Waals surface area contributed by atoms with E-state index in [1.54, 1.807) is 42.3 Å². The maximum absolute atomic E-state index is 13.9. The number of anilines is 2. The molecule has 3 rings (SSSR count). The van der Waals surface area contributed by atoms with Crippen LogP contribution >= 0.6 is 15.9 Å². The Bertz CT molecular complexity index is 810. The summed E-state index contributed by atoms with van der Waals surface area (Å²) in [6.45, 7) is 0.259. The van der Waals surface area contributed by atoms with Crippen molar-refractivity contribution >= 4 is 39.1 Å². The van der Waals surface area contributed by atoms with Gasteiger partial charge in [-0.1, -0.05) is 15.9 Å². The second-order valence-electron chi connectivity index (χ2n) is 5.72. The van der Waals surface area contributed by atoms with E-state index in [0.29, 0.717) is 15.9 Å². The summed E-state index contributed by atoms with van der Waals surface area (Å²) in [5.41, 5.74) is 0.805. The first kappa shape index (κ1) is 17.4. The van der Waals surface area contributed by atoms with Gasteiger partial charge in [0.05, 0.1) is 18.7 Å². The highest BCUT2D eigenvalue weighted by atomic mass is 79.9. The topological polar surface area (TPSA) is 58.6 Å². The van der Waals surface area contributed by atoms with Gasteiger partial charge in [-0.3, -0.25) is 9.59 Å². The number of ether oxygens (including phenoxy) is 1. The average molecular weight is 407 g/mol. The molecule has 1 N–H and O–H groups in total. The van der Waals surface area contributed by atoms with Crippen molar-refractivity contribution in [3.63, 3.8) is 0 Å². The predicted molar refractivity (Wildman–Crippen MR) is 96.2 cm³/mol. The first-order chi connectivity index (χ1) is 12.0. The van der Waals surface area contributed by atoms with Crippen LogP contribution < -0.4 is 15.0 Å². The summed E-state index contributed by atoms with van der Waals surface area (Å²) in [7, 11) is 1.57. The minimum Gasteiger partial charge on any atom is -0.497 e. The van der Waals surface area contributed by atoms with E-state index >= 15 is 0 Å². The first-order valence-electron chi connectivity index (χ1n) is 7.68. The van der Waals surface area contributed by atoms with Crippen LogP contribution in [0.3, 0.4) is 0 Å². The third-order valence-electron chi connectivity index (χ3n) is 4.07. The number of methoxy groups -OCH3 is 1. The van der Waals surface area contributed by atoms with Gasteiger partial charge in [0, 0.05) is 23.1 Å². The van der Waals surface area contributed by atoms with Crippen LogP contribution in [0.1, 0.15) is 6.42 Å². The van der Waals surface area contributed by atoms with Crippen LogP contribution in [-0.2, 0) is 9.59 Å². The third-order valence-corrected chi connectivity index (χ3v) is 4.56. The smallest absolute Gasteiger partial charge is 0.229 e. The molecule has 1 fully saturated rings. The largest absolute Gasteiger partial charge is 0.497 e. The molecule has 1 saturated heterocycles. The zero-order chi connectivity index (χ0) is 18.0. The summed E-state index contributed by atoms with van der Waals surface area (Å²) in [4.78, 5) is 26.2. The van der Waals surface area contributed by atoms with Crippen molar-refractivity contribution in [2.24, 2.45) is 5.92 Å². The Balaban J connectivity index is 1.69. The standard InChI is InChI=1S/C18H16BrFN2O3/c1-25-14-5-3-13(4-6-14)22-10-11(8-17(22)23)18(24)21-16-7-2-12(19)9-15(16)20/h2-7,9,11H,8,10H2,1H3,(H,21,24). The van der Waals surface area contributed by atoms with Crippen LogP contribution in [0, 0.1) is 11.7 Å². The summed E-state index contributed by atoms with van der Waals surface area (Å²) in [5.74, 6) is -0.876. The Morgan fingerprint density at radius 2 is 2.00 bits per heavy atom. The van der Waals surface area contributed by atoms with Crippen molar-refractivity contribution < 1.29 is 18.7 Å². The van der Waals surface area contributed by atoms with Crippen molar-refractivity contribution in [2.75, 3.05) is 23.9 Å². The SMILES string of the molecule is COc1ccc(N2CC(C(=O)Nc3ccc(Br)cc3F)CC2=O)cc1. The molecule has 1 aliphatic rings. The van der Waals surface area contributed by atoms with E-state index in [1.165, 1.54) is 12.1 Å². The Hall–Kier alpha value is -2.41. The lowest BCUT2D eigenvalue weighted by Crippen LogP contribution is -2.28. The van der Waals surface area contributed by atoms with Crippen LogP contribution in [0.5, 0.6) is 5.75 Å². The van der Waals surface area contributed by atoms with Crippen molar-refractivity contribution in [1.29, 1.82) is 0 Å². The van der Waals surface area contributed by atoms with Crippen LogP contribution in [0.4, 0.5) is 15.8 Å². The average Bonchev–Trinajstić information content (AvgIpc) is 2.99. The van der Waals surface area contributed by atoms with Crippen molar-refractivity contribution in [1.82, 2.24) is 0 Å². The van der Waals surface area contributed by atoms with Gasteiger partial charge in [0.15, 0.2) is 0 Å². The Kier molecular flexibility index (Phi) is 5.03. The highest BCUT2D eigenvalue weighted by Crippen LogP contribution is 2.28. The molecule has 1 heterocycles.